The molecule has 0 saturated carbocycles. The van der Waals surface area contributed by atoms with E-state index in [0.29, 0.717) is 5.56 Å². The minimum Gasteiger partial charge on any atom is -0.388 e. The Labute approximate surface area is 128 Å². The Hall–Kier alpha value is -1.67. The van der Waals surface area contributed by atoms with Gasteiger partial charge in [0.1, 0.15) is 5.82 Å². The van der Waals surface area contributed by atoms with Crippen molar-refractivity contribution < 1.29 is 22.7 Å². The fourth-order valence-corrected chi connectivity index (χ4v) is 2.73. The van der Waals surface area contributed by atoms with Gasteiger partial charge in [0.05, 0.1) is 6.10 Å². The van der Waals surface area contributed by atoms with Crippen LogP contribution in [0.3, 0.4) is 0 Å². The summed E-state index contributed by atoms with van der Waals surface area (Å²) < 4.78 is 50.2. The molecule has 8 heteroatoms. The van der Waals surface area contributed by atoms with Crippen molar-refractivity contribution in [3.05, 3.63) is 46.7 Å². The Balaban J connectivity index is 1.93. The van der Waals surface area contributed by atoms with Gasteiger partial charge < -0.3 is 10.4 Å². The first kappa shape index (κ1) is 16.7. The Morgan fingerprint density at radius 2 is 1.91 bits per heavy atom. The number of hydrogen-bond donors (Lipinski definition) is 2. The molecular weight excluding hydrogens is 320 g/mol. The Bertz CT molecular complexity index is 612. The number of anilines is 1. The predicted molar refractivity (Wildman–Crippen MR) is 76.2 cm³/mol. The van der Waals surface area contributed by atoms with Crippen molar-refractivity contribution in [1.29, 1.82) is 0 Å². The second-order valence-electron chi connectivity index (χ2n) is 4.88. The fraction of sp³-hybridized carbons (Fsp3) is 0.357. The Morgan fingerprint density at radius 3 is 2.45 bits per heavy atom. The molecule has 2 rings (SSSR count). The highest BCUT2D eigenvalue weighted by atomic mass is 32.1. The molecule has 2 N–H and O–H groups in total. The van der Waals surface area contributed by atoms with Crippen LogP contribution in [0, 0.1) is 5.82 Å². The molecule has 0 fully saturated rings. The van der Waals surface area contributed by atoms with Crippen LogP contribution in [-0.4, -0.2) is 16.1 Å². The molecule has 0 amide bonds. The molecule has 0 aliphatic rings. The fourth-order valence-electron chi connectivity index (χ4n) is 1.90. The second kappa shape index (κ2) is 6.62. The van der Waals surface area contributed by atoms with Crippen LogP contribution in [0.2, 0.25) is 0 Å². The molecule has 22 heavy (non-hydrogen) atoms. The summed E-state index contributed by atoms with van der Waals surface area (Å²) in [6.07, 6.45) is -5.05. The van der Waals surface area contributed by atoms with E-state index in [1.807, 2.05) is 0 Å². The van der Waals surface area contributed by atoms with Crippen molar-refractivity contribution in [3.63, 3.8) is 0 Å². The number of halogens is 4. The zero-order chi connectivity index (χ0) is 16.3. The molecule has 120 valence electrons. The maximum absolute atomic E-state index is 12.8. The lowest BCUT2D eigenvalue weighted by atomic mass is 10.0. The molecule has 2 aromatic rings. The summed E-state index contributed by atoms with van der Waals surface area (Å²) in [4.78, 5) is 3.46. The van der Waals surface area contributed by atoms with Gasteiger partial charge in [-0.05, 0) is 31.0 Å². The molecule has 2 unspecified atom stereocenters. The van der Waals surface area contributed by atoms with E-state index in [1.54, 1.807) is 6.92 Å². The molecule has 0 radical (unpaired) electrons. The van der Waals surface area contributed by atoms with Gasteiger partial charge in [-0.15, -0.1) is 11.3 Å². The van der Waals surface area contributed by atoms with Crippen LogP contribution in [0.15, 0.2) is 29.6 Å². The van der Waals surface area contributed by atoms with Crippen LogP contribution in [-0.2, 0) is 6.18 Å². The summed E-state index contributed by atoms with van der Waals surface area (Å²) in [7, 11) is 0. The van der Waals surface area contributed by atoms with E-state index in [9.17, 15) is 22.7 Å². The van der Waals surface area contributed by atoms with Crippen molar-refractivity contribution >= 4 is 16.5 Å². The molecule has 0 saturated heterocycles. The van der Waals surface area contributed by atoms with E-state index in [1.165, 1.54) is 24.3 Å². The first-order chi connectivity index (χ1) is 10.3. The van der Waals surface area contributed by atoms with Crippen molar-refractivity contribution in [2.24, 2.45) is 0 Å². The molecule has 0 bridgehead atoms. The van der Waals surface area contributed by atoms with Crippen LogP contribution in [0.1, 0.15) is 30.7 Å². The quantitative estimate of drug-likeness (QED) is 0.805. The van der Waals surface area contributed by atoms with Crippen LogP contribution >= 0.6 is 11.3 Å². The summed E-state index contributed by atoms with van der Waals surface area (Å²) in [6.45, 7) is 1.72. The van der Waals surface area contributed by atoms with Gasteiger partial charge in [-0.2, -0.15) is 13.2 Å². The predicted octanol–water partition coefficient (Wildman–Crippen LogP) is 4.23. The molecular formula is C14H14F4N2OS. The van der Waals surface area contributed by atoms with Gasteiger partial charge in [-0.3, -0.25) is 0 Å². The SMILES string of the molecule is CC(CC(O)c1ccc(F)cc1)Nc1nc(C(F)(F)F)cs1. The van der Waals surface area contributed by atoms with Crippen LogP contribution in [0.5, 0.6) is 0 Å². The van der Waals surface area contributed by atoms with E-state index < -0.39 is 23.8 Å². The zero-order valence-electron chi connectivity index (χ0n) is 11.6. The Morgan fingerprint density at radius 1 is 1.27 bits per heavy atom. The number of alkyl halides is 3. The molecule has 3 nitrogen and oxygen atoms in total. The summed E-state index contributed by atoms with van der Waals surface area (Å²) in [5.41, 5.74) is -0.392. The molecule has 0 spiro atoms. The van der Waals surface area contributed by atoms with Gasteiger partial charge in [0, 0.05) is 11.4 Å². The highest BCUT2D eigenvalue weighted by Crippen LogP contribution is 2.32. The number of rotatable bonds is 5. The smallest absolute Gasteiger partial charge is 0.388 e. The van der Waals surface area contributed by atoms with Gasteiger partial charge in [-0.25, -0.2) is 9.37 Å². The molecule has 2 atom stereocenters. The number of nitrogens with zero attached hydrogens (tertiary/aromatic N) is 1. The number of benzene rings is 1. The van der Waals surface area contributed by atoms with Crippen molar-refractivity contribution in [3.8, 4) is 0 Å². The van der Waals surface area contributed by atoms with Crippen LogP contribution in [0.25, 0.3) is 0 Å². The number of aromatic nitrogens is 1. The monoisotopic (exact) mass is 334 g/mol. The van der Waals surface area contributed by atoms with Crippen LogP contribution in [0.4, 0.5) is 22.7 Å². The normalized spacial score (nSPS) is 14.6. The number of thiazole rings is 1. The summed E-state index contributed by atoms with van der Waals surface area (Å²) >= 11 is 0.856. The third kappa shape index (κ3) is 4.41. The molecule has 0 aliphatic heterocycles. The standard InChI is InChI=1S/C14H14F4N2OS/c1-8(6-11(21)9-2-4-10(15)5-3-9)19-13-20-12(7-22-13)14(16,17)18/h2-5,7-8,11,21H,6H2,1H3,(H,19,20). The van der Waals surface area contributed by atoms with Crippen LogP contribution < -0.4 is 5.32 Å². The zero-order valence-corrected chi connectivity index (χ0v) is 12.4. The largest absolute Gasteiger partial charge is 0.434 e. The second-order valence-corrected chi connectivity index (χ2v) is 5.74. The number of hydrogen-bond acceptors (Lipinski definition) is 4. The van der Waals surface area contributed by atoms with Crippen molar-refractivity contribution in [2.45, 2.75) is 31.7 Å². The summed E-state index contributed by atoms with van der Waals surface area (Å²) in [5, 5.41) is 13.9. The maximum Gasteiger partial charge on any atom is 0.434 e. The third-order valence-corrected chi connectivity index (χ3v) is 3.77. The Kier molecular flexibility index (Phi) is 5.02. The van der Waals surface area contributed by atoms with Gasteiger partial charge in [0.25, 0.3) is 0 Å². The number of nitrogens with one attached hydrogen (secondary N) is 1. The average Bonchev–Trinajstić information content (AvgIpc) is 2.87. The highest BCUT2D eigenvalue weighted by molar-refractivity contribution is 7.13. The lowest BCUT2D eigenvalue weighted by Gasteiger charge is -2.17. The molecule has 1 aromatic heterocycles. The van der Waals surface area contributed by atoms with E-state index in [2.05, 4.69) is 10.3 Å². The first-order valence-electron chi connectivity index (χ1n) is 6.48. The lowest BCUT2D eigenvalue weighted by molar-refractivity contribution is -0.140. The van der Waals surface area contributed by atoms with Gasteiger partial charge in [-0.1, -0.05) is 12.1 Å². The number of aliphatic hydroxyl groups excluding tert-OH is 1. The summed E-state index contributed by atoms with van der Waals surface area (Å²) in [6, 6.07) is 5.13. The maximum atomic E-state index is 12.8. The molecule has 1 aromatic carbocycles. The van der Waals surface area contributed by atoms with Crippen molar-refractivity contribution in [1.82, 2.24) is 4.98 Å². The van der Waals surface area contributed by atoms with Crippen molar-refractivity contribution in [2.75, 3.05) is 5.32 Å². The van der Waals surface area contributed by atoms with Gasteiger partial charge in [0.15, 0.2) is 10.8 Å². The molecule has 1 heterocycles. The van der Waals surface area contributed by atoms with E-state index in [4.69, 9.17) is 0 Å². The third-order valence-electron chi connectivity index (χ3n) is 3.00. The average molecular weight is 334 g/mol. The minimum absolute atomic E-state index is 0.145. The van der Waals surface area contributed by atoms with E-state index in [-0.39, 0.29) is 17.6 Å². The van der Waals surface area contributed by atoms with Gasteiger partial charge >= 0.3 is 6.18 Å². The first-order valence-corrected chi connectivity index (χ1v) is 7.36. The highest BCUT2D eigenvalue weighted by Gasteiger charge is 2.33. The summed E-state index contributed by atoms with van der Waals surface area (Å²) in [5.74, 6) is -0.399. The minimum atomic E-state index is -4.46. The lowest BCUT2D eigenvalue weighted by Crippen LogP contribution is -2.19. The number of aliphatic hydroxyl groups is 1. The van der Waals surface area contributed by atoms with E-state index in [0.717, 1.165) is 16.7 Å². The van der Waals surface area contributed by atoms with Gasteiger partial charge in [0.2, 0.25) is 0 Å². The van der Waals surface area contributed by atoms with E-state index >= 15 is 0 Å². The molecule has 0 aliphatic carbocycles. The topological polar surface area (TPSA) is 45.1 Å².